The van der Waals surface area contributed by atoms with Gasteiger partial charge in [-0.3, -0.25) is 0 Å². The summed E-state index contributed by atoms with van der Waals surface area (Å²) in [5.74, 6) is 1.66. The van der Waals surface area contributed by atoms with Crippen molar-refractivity contribution in [3.63, 3.8) is 0 Å². The molecule has 0 radical (unpaired) electrons. The quantitative estimate of drug-likeness (QED) is 0.744. The van der Waals surface area contributed by atoms with Crippen molar-refractivity contribution in [2.75, 3.05) is 13.1 Å². The monoisotopic (exact) mass is 195 g/mol. The summed E-state index contributed by atoms with van der Waals surface area (Å²) in [7, 11) is 0. The number of hydrogen-bond acceptors (Lipinski definition) is 4. The van der Waals surface area contributed by atoms with Crippen molar-refractivity contribution in [2.24, 2.45) is 11.7 Å². The van der Waals surface area contributed by atoms with Gasteiger partial charge >= 0.3 is 0 Å². The van der Waals surface area contributed by atoms with Gasteiger partial charge in [0.15, 0.2) is 0 Å². The second kappa shape index (κ2) is 4.57. The first-order valence-electron chi connectivity index (χ1n) is 5.23. The van der Waals surface area contributed by atoms with Crippen LogP contribution in [0.5, 0.6) is 0 Å². The average Bonchev–Trinajstić information content (AvgIpc) is 2.67. The molecule has 2 rings (SSSR count). The number of piperidine rings is 1. The Morgan fingerprint density at radius 2 is 2.57 bits per heavy atom. The maximum atomic E-state index is 5.58. The molecule has 1 aliphatic heterocycles. The third-order valence-corrected chi connectivity index (χ3v) is 2.82. The molecule has 0 spiro atoms. The molecular weight excluding hydrogens is 178 g/mol. The molecule has 0 bridgehead atoms. The number of aromatic nitrogens is 1. The Morgan fingerprint density at radius 3 is 3.29 bits per heavy atom. The summed E-state index contributed by atoms with van der Waals surface area (Å²) in [6.45, 7) is 2.76. The molecule has 1 atom stereocenters. The molecule has 1 aromatic heterocycles. The topological polar surface area (TPSA) is 64.1 Å². The Balaban J connectivity index is 1.95. The molecule has 1 aromatic rings. The van der Waals surface area contributed by atoms with Gasteiger partial charge < -0.3 is 15.6 Å². The van der Waals surface area contributed by atoms with Crippen LogP contribution in [0, 0.1) is 5.92 Å². The lowest BCUT2D eigenvalue weighted by atomic mass is 9.94. The Morgan fingerprint density at radius 1 is 1.64 bits per heavy atom. The van der Waals surface area contributed by atoms with Gasteiger partial charge in [0, 0.05) is 18.5 Å². The highest BCUT2D eigenvalue weighted by atomic mass is 16.5. The zero-order valence-electron chi connectivity index (χ0n) is 8.33. The number of hydrogen-bond donors (Lipinski definition) is 2. The summed E-state index contributed by atoms with van der Waals surface area (Å²) in [4.78, 5) is 0. The van der Waals surface area contributed by atoms with Crippen LogP contribution in [0.1, 0.15) is 24.2 Å². The first kappa shape index (κ1) is 9.68. The minimum absolute atomic E-state index is 0.527. The lowest BCUT2D eigenvalue weighted by molar-refractivity contribution is 0.319. The van der Waals surface area contributed by atoms with E-state index in [1.807, 2.05) is 0 Å². The third-order valence-electron chi connectivity index (χ3n) is 2.82. The van der Waals surface area contributed by atoms with Crippen molar-refractivity contribution in [1.82, 2.24) is 10.5 Å². The lowest BCUT2D eigenvalue weighted by Crippen LogP contribution is -2.30. The molecule has 4 nitrogen and oxygen atoms in total. The summed E-state index contributed by atoms with van der Waals surface area (Å²) >= 11 is 0. The van der Waals surface area contributed by atoms with Gasteiger partial charge in [-0.25, -0.2) is 0 Å². The zero-order valence-corrected chi connectivity index (χ0v) is 8.33. The summed E-state index contributed by atoms with van der Waals surface area (Å²) in [6.07, 6.45) is 5.24. The minimum Gasteiger partial charge on any atom is -0.361 e. The second-order valence-electron chi connectivity index (χ2n) is 3.89. The maximum Gasteiger partial charge on any atom is 0.141 e. The fourth-order valence-electron chi connectivity index (χ4n) is 1.98. The number of rotatable bonds is 3. The van der Waals surface area contributed by atoms with Gasteiger partial charge in [-0.05, 0) is 31.8 Å². The molecule has 14 heavy (non-hydrogen) atoms. The Bertz CT molecular complexity index is 279. The molecule has 1 unspecified atom stereocenters. The van der Waals surface area contributed by atoms with Crippen molar-refractivity contribution >= 4 is 0 Å². The minimum atomic E-state index is 0.527. The van der Waals surface area contributed by atoms with Crippen molar-refractivity contribution in [3.05, 3.63) is 17.5 Å². The molecule has 0 amide bonds. The average molecular weight is 195 g/mol. The van der Waals surface area contributed by atoms with E-state index in [0.717, 1.165) is 30.8 Å². The molecule has 0 aromatic carbocycles. The van der Waals surface area contributed by atoms with Crippen LogP contribution in [0.15, 0.2) is 10.7 Å². The van der Waals surface area contributed by atoms with Crippen molar-refractivity contribution < 1.29 is 4.52 Å². The highest BCUT2D eigenvalue weighted by Crippen LogP contribution is 2.18. The molecule has 0 aliphatic carbocycles. The van der Waals surface area contributed by atoms with Crippen LogP contribution >= 0.6 is 0 Å². The van der Waals surface area contributed by atoms with Gasteiger partial charge in [-0.1, -0.05) is 5.16 Å². The summed E-state index contributed by atoms with van der Waals surface area (Å²) < 4.78 is 5.20. The number of nitrogens with two attached hydrogens (primary N) is 1. The number of nitrogens with zero attached hydrogens (tertiary/aromatic N) is 1. The van der Waals surface area contributed by atoms with Crippen LogP contribution in [0.4, 0.5) is 0 Å². The fourth-order valence-corrected chi connectivity index (χ4v) is 1.98. The molecule has 1 saturated heterocycles. The van der Waals surface area contributed by atoms with E-state index in [1.54, 1.807) is 6.20 Å². The normalized spacial score (nSPS) is 22.5. The highest BCUT2D eigenvalue weighted by molar-refractivity contribution is 5.13. The van der Waals surface area contributed by atoms with Gasteiger partial charge in [-0.2, -0.15) is 0 Å². The molecular formula is C10H17N3O. The predicted octanol–water partition coefficient (Wildman–Crippen LogP) is 0.675. The standard InChI is InChI=1S/C10H17N3O/c11-5-9-7-13-14-10(9)4-8-2-1-3-12-6-8/h7-8,12H,1-6,11H2. The Kier molecular flexibility index (Phi) is 3.16. The van der Waals surface area contributed by atoms with Gasteiger partial charge in [-0.15, -0.1) is 0 Å². The molecule has 4 heteroatoms. The first-order valence-corrected chi connectivity index (χ1v) is 5.23. The molecule has 0 saturated carbocycles. The SMILES string of the molecule is NCc1cnoc1CC1CCCNC1. The molecule has 1 fully saturated rings. The summed E-state index contributed by atoms with van der Waals surface area (Å²) in [6, 6.07) is 0. The van der Waals surface area contributed by atoms with Crippen molar-refractivity contribution in [1.29, 1.82) is 0 Å². The van der Waals surface area contributed by atoms with Crippen LogP contribution in [0.2, 0.25) is 0 Å². The fraction of sp³-hybridized carbons (Fsp3) is 0.700. The van der Waals surface area contributed by atoms with E-state index in [4.69, 9.17) is 10.3 Å². The molecule has 3 N–H and O–H groups in total. The smallest absolute Gasteiger partial charge is 0.141 e. The molecule has 1 aliphatic rings. The van der Waals surface area contributed by atoms with Crippen LogP contribution in [-0.4, -0.2) is 18.2 Å². The van der Waals surface area contributed by atoms with E-state index in [2.05, 4.69) is 10.5 Å². The van der Waals surface area contributed by atoms with E-state index < -0.39 is 0 Å². The van der Waals surface area contributed by atoms with Gasteiger partial charge in [0.1, 0.15) is 5.76 Å². The Labute approximate surface area is 83.8 Å². The van der Waals surface area contributed by atoms with Crippen LogP contribution < -0.4 is 11.1 Å². The van der Waals surface area contributed by atoms with Gasteiger partial charge in [0.05, 0.1) is 6.20 Å². The lowest BCUT2D eigenvalue weighted by Gasteiger charge is -2.21. The van der Waals surface area contributed by atoms with E-state index >= 15 is 0 Å². The first-order chi connectivity index (χ1) is 6.90. The van der Waals surface area contributed by atoms with Crippen LogP contribution in [0.25, 0.3) is 0 Å². The van der Waals surface area contributed by atoms with Crippen LogP contribution in [0.3, 0.4) is 0 Å². The zero-order chi connectivity index (χ0) is 9.80. The van der Waals surface area contributed by atoms with E-state index in [-0.39, 0.29) is 0 Å². The van der Waals surface area contributed by atoms with Gasteiger partial charge in [0.2, 0.25) is 0 Å². The summed E-state index contributed by atoms with van der Waals surface area (Å²) in [5, 5.41) is 7.17. The Hall–Kier alpha value is -0.870. The van der Waals surface area contributed by atoms with E-state index in [9.17, 15) is 0 Å². The molecule has 78 valence electrons. The van der Waals surface area contributed by atoms with Crippen molar-refractivity contribution in [3.8, 4) is 0 Å². The highest BCUT2D eigenvalue weighted by Gasteiger charge is 2.17. The van der Waals surface area contributed by atoms with Gasteiger partial charge in [0.25, 0.3) is 0 Å². The number of nitrogens with one attached hydrogen (secondary N) is 1. The van der Waals surface area contributed by atoms with Crippen molar-refractivity contribution in [2.45, 2.75) is 25.8 Å². The second-order valence-corrected chi connectivity index (χ2v) is 3.89. The van der Waals surface area contributed by atoms with E-state index in [1.165, 1.54) is 12.8 Å². The molecule has 2 heterocycles. The maximum absolute atomic E-state index is 5.58. The van der Waals surface area contributed by atoms with E-state index in [0.29, 0.717) is 12.5 Å². The van der Waals surface area contributed by atoms with Crippen LogP contribution in [-0.2, 0) is 13.0 Å². The predicted molar refractivity (Wildman–Crippen MR) is 53.7 cm³/mol. The third kappa shape index (κ3) is 2.13. The summed E-state index contributed by atoms with van der Waals surface area (Å²) in [5.41, 5.74) is 6.64. The largest absolute Gasteiger partial charge is 0.361 e.